The molecule has 176 valence electrons. The highest BCUT2D eigenvalue weighted by Crippen LogP contribution is 2.39. The lowest BCUT2D eigenvalue weighted by atomic mass is 9.94. The SMILES string of the molecule is C[C@H]1OC[C@@H](N(C)C(=O)c2cc3c(cc2Cl)nc(N)c2cncn23)c2cnc(C(F)(F)F)cc21. The molecule has 0 saturated carbocycles. The number of ether oxygens (including phenoxy) is 1. The quantitative estimate of drug-likeness (QED) is 0.446. The fraction of sp³-hybridized carbons (Fsp3) is 0.273. The average molecular weight is 491 g/mol. The van der Waals surface area contributed by atoms with Crippen LogP contribution >= 0.6 is 11.6 Å². The Morgan fingerprint density at radius 2 is 2.00 bits per heavy atom. The second-order valence-corrected chi connectivity index (χ2v) is 8.48. The Labute approximate surface area is 196 Å². The average Bonchev–Trinajstić information content (AvgIpc) is 3.28. The Morgan fingerprint density at radius 3 is 2.74 bits per heavy atom. The van der Waals surface area contributed by atoms with Crippen LogP contribution in [0.25, 0.3) is 16.6 Å². The van der Waals surface area contributed by atoms with Crippen LogP contribution in [0.3, 0.4) is 0 Å². The number of rotatable bonds is 2. The van der Waals surface area contributed by atoms with E-state index in [-0.39, 0.29) is 23.0 Å². The van der Waals surface area contributed by atoms with Crippen molar-refractivity contribution in [1.82, 2.24) is 24.3 Å². The standard InChI is InChI=1S/C22H18ClF3N6O2/c1-10-11-4-19(22(24,25)26)29-6-13(11)18(8-34-10)31(2)21(33)12-3-16-15(5-14(12)23)30-20(27)17-7-28-9-32(16)17/h3-7,9-10,18H,8H2,1-2H3,(H2,27,30)/t10-,18-/m1/s1. The predicted octanol–water partition coefficient (Wildman–Crippen LogP) is 4.44. The first-order valence-electron chi connectivity index (χ1n) is 10.2. The minimum atomic E-state index is -4.59. The first-order valence-corrected chi connectivity index (χ1v) is 10.6. The van der Waals surface area contributed by atoms with Crippen molar-refractivity contribution in [3.63, 3.8) is 0 Å². The molecule has 5 rings (SSSR count). The molecule has 1 aromatic carbocycles. The van der Waals surface area contributed by atoms with Crippen molar-refractivity contribution >= 4 is 39.9 Å². The van der Waals surface area contributed by atoms with E-state index in [0.717, 1.165) is 12.3 Å². The van der Waals surface area contributed by atoms with E-state index in [1.54, 1.807) is 37.0 Å². The zero-order valence-electron chi connectivity index (χ0n) is 18.0. The molecule has 2 N–H and O–H groups in total. The number of likely N-dealkylation sites (N-methyl/N-ethyl adjacent to an activating group) is 1. The Hall–Kier alpha value is -3.44. The lowest BCUT2D eigenvalue weighted by Gasteiger charge is -2.36. The summed E-state index contributed by atoms with van der Waals surface area (Å²) in [5, 5.41) is 0.159. The van der Waals surface area contributed by atoms with Gasteiger partial charge in [-0.2, -0.15) is 13.2 Å². The van der Waals surface area contributed by atoms with Gasteiger partial charge in [0, 0.05) is 18.8 Å². The highest BCUT2D eigenvalue weighted by Gasteiger charge is 2.37. The monoisotopic (exact) mass is 490 g/mol. The third-order valence-electron chi connectivity index (χ3n) is 6.04. The number of hydrogen-bond acceptors (Lipinski definition) is 6. The molecule has 12 heteroatoms. The van der Waals surface area contributed by atoms with Crippen LogP contribution in [0.15, 0.2) is 36.9 Å². The van der Waals surface area contributed by atoms with Crippen molar-refractivity contribution in [2.45, 2.75) is 25.2 Å². The number of fused-ring (bicyclic) bond motifs is 4. The summed E-state index contributed by atoms with van der Waals surface area (Å²) in [6, 6.07) is 3.45. The van der Waals surface area contributed by atoms with Gasteiger partial charge < -0.3 is 15.4 Å². The summed E-state index contributed by atoms with van der Waals surface area (Å²) in [5.74, 6) is -0.168. The summed E-state index contributed by atoms with van der Waals surface area (Å²) in [7, 11) is 1.54. The fourth-order valence-electron chi connectivity index (χ4n) is 4.20. The maximum absolute atomic E-state index is 13.5. The van der Waals surface area contributed by atoms with Crippen molar-refractivity contribution < 1.29 is 22.7 Å². The largest absolute Gasteiger partial charge is 0.433 e. The highest BCUT2D eigenvalue weighted by molar-refractivity contribution is 6.34. The van der Waals surface area contributed by atoms with Crippen molar-refractivity contribution in [2.75, 3.05) is 19.4 Å². The first-order chi connectivity index (χ1) is 16.1. The van der Waals surface area contributed by atoms with E-state index >= 15 is 0 Å². The number of halogens is 4. The molecule has 3 aromatic heterocycles. The first kappa shape index (κ1) is 22.4. The number of nitrogen functional groups attached to an aromatic ring is 1. The van der Waals surface area contributed by atoms with Gasteiger partial charge in [0.15, 0.2) is 0 Å². The molecule has 1 amide bonds. The molecule has 1 aliphatic rings. The van der Waals surface area contributed by atoms with Gasteiger partial charge in [-0.3, -0.25) is 14.2 Å². The van der Waals surface area contributed by atoms with Crippen LogP contribution in [0.5, 0.6) is 0 Å². The number of pyridine rings is 1. The van der Waals surface area contributed by atoms with Crippen molar-refractivity contribution in [3.05, 3.63) is 64.3 Å². The number of carbonyl (C=O) groups excluding carboxylic acids is 1. The number of aromatic nitrogens is 4. The zero-order valence-corrected chi connectivity index (χ0v) is 18.7. The van der Waals surface area contributed by atoms with Crippen LogP contribution in [0.2, 0.25) is 5.02 Å². The molecule has 2 atom stereocenters. The molecule has 8 nitrogen and oxygen atoms in total. The lowest BCUT2D eigenvalue weighted by molar-refractivity contribution is -0.141. The molecule has 4 heterocycles. The molecule has 34 heavy (non-hydrogen) atoms. The van der Waals surface area contributed by atoms with E-state index in [2.05, 4.69) is 15.0 Å². The molecule has 0 unspecified atom stereocenters. The summed E-state index contributed by atoms with van der Waals surface area (Å²) in [6.07, 6.45) is -0.885. The number of anilines is 1. The van der Waals surface area contributed by atoms with Gasteiger partial charge in [0.05, 0.1) is 52.9 Å². The number of alkyl halides is 3. The molecule has 0 spiro atoms. The van der Waals surface area contributed by atoms with Gasteiger partial charge in [-0.25, -0.2) is 9.97 Å². The molecule has 0 bridgehead atoms. The Bertz CT molecular complexity index is 1450. The van der Waals surface area contributed by atoms with Crippen LogP contribution in [0.1, 0.15) is 46.2 Å². The van der Waals surface area contributed by atoms with Gasteiger partial charge in [0.25, 0.3) is 5.91 Å². The minimum absolute atomic E-state index is 0.0957. The number of nitrogens with zero attached hydrogens (tertiary/aromatic N) is 5. The molecular weight excluding hydrogens is 473 g/mol. The van der Waals surface area contributed by atoms with Crippen LogP contribution in [-0.4, -0.2) is 43.8 Å². The summed E-state index contributed by atoms with van der Waals surface area (Å²) in [6.45, 7) is 1.75. The number of imidazole rings is 1. The minimum Gasteiger partial charge on any atom is -0.382 e. The third-order valence-corrected chi connectivity index (χ3v) is 6.36. The molecule has 0 saturated heterocycles. The van der Waals surface area contributed by atoms with Gasteiger partial charge >= 0.3 is 6.18 Å². The maximum Gasteiger partial charge on any atom is 0.433 e. The molecule has 0 fully saturated rings. The van der Waals surface area contributed by atoms with Crippen molar-refractivity contribution in [3.8, 4) is 0 Å². The Balaban J connectivity index is 1.56. The van der Waals surface area contributed by atoms with Crippen molar-refractivity contribution in [2.24, 2.45) is 0 Å². The summed E-state index contributed by atoms with van der Waals surface area (Å²) in [4.78, 5) is 26.9. The zero-order chi connectivity index (χ0) is 24.4. The van der Waals surface area contributed by atoms with Gasteiger partial charge in [-0.15, -0.1) is 0 Å². The Kier molecular flexibility index (Phi) is 5.14. The van der Waals surface area contributed by atoms with Crippen molar-refractivity contribution in [1.29, 1.82) is 0 Å². The number of benzene rings is 1. The van der Waals surface area contributed by atoms with Crippen LogP contribution in [0, 0.1) is 0 Å². The number of amides is 1. The topological polar surface area (TPSA) is 98.6 Å². The number of nitrogens with two attached hydrogens (primary N) is 1. The van der Waals surface area contributed by atoms with Gasteiger partial charge in [-0.05, 0) is 30.7 Å². The second-order valence-electron chi connectivity index (χ2n) is 8.07. The molecular formula is C22H18ClF3N6O2. The predicted molar refractivity (Wildman–Crippen MR) is 118 cm³/mol. The highest BCUT2D eigenvalue weighted by atomic mass is 35.5. The molecule has 0 radical (unpaired) electrons. The van der Waals surface area contributed by atoms with Crippen LogP contribution in [0.4, 0.5) is 19.0 Å². The van der Waals surface area contributed by atoms with Crippen LogP contribution < -0.4 is 5.73 Å². The number of hydrogen-bond donors (Lipinski definition) is 1. The summed E-state index contributed by atoms with van der Waals surface area (Å²) >= 11 is 6.43. The lowest BCUT2D eigenvalue weighted by Crippen LogP contribution is -2.37. The molecule has 0 aliphatic carbocycles. The Morgan fingerprint density at radius 1 is 1.24 bits per heavy atom. The van der Waals surface area contributed by atoms with E-state index in [4.69, 9.17) is 22.1 Å². The number of carbonyl (C=O) groups is 1. The maximum atomic E-state index is 13.5. The van der Waals surface area contributed by atoms with Gasteiger partial charge in [0.1, 0.15) is 17.0 Å². The van der Waals surface area contributed by atoms with E-state index in [9.17, 15) is 18.0 Å². The fourth-order valence-corrected chi connectivity index (χ4v) is 4.43. The van der Waals surface area contributed by atoms with E-state index in [1.165, 1.54) is 11.0 Å². The van der Waals surface area contributed by atoms with Crippen LogP contribution in [-0.2, 0) is 10.9 Å². The third kappa shape index (κ3) is 3.51. The second kappa shape index (κ2) is 7.81. The smallest absolute Gasteiger partial charge is 0.382 e. The summed E-state index contributed by atoms with van der Waals surface area (Å²) in [5.41, 5.74) is 7.62. The molecule has 1 aliphatic heterocycles. The molecule has 4 aromatic rings. The van der Waals surface area contributed by atoms with E-state index in [1.807, 2.05) is 0 Å². The van der Waals surface area contributed by atoms with Gasteiger partial charge in [0.2, 0.25) is 0 Å². The van der Waals surface area contributed by atoms with E-state index < -0.39 is 29.9 Å². The van der Waals surface area contributed by atoms with Gasteiger partial charge in [-0.1, -0.05) is 11.6 Å². The summed E-state index contributed by atoms with van der Waals surface area (Å²) < 4.78 is 46.9. The normalized spacial score (nSPS) is 18.3. The van der Waals surface area contributed by atoms with E-state index in [0.29, 0.717) is 27.7 Å².